The third-order valence-electron chi connectivity index (χ3n) is 3.85. The summed E-state index contributed by atoms with van der Waals surface area (Å²) in [5.41, 5.74) is 0.252. The van der Waals surface area contributed by atoms with Crippen LogP contribution in [0, 0.1) is 45.7 Å². The summed E-state index contributed by atoms with van der Waals surface area (Å²) in [5.74, 6) is -0.444. The molecule has 0 aromatic heterocycles. The summed E-state index contributed by atoms with van der Waals surface area (Å²) in [5, 5.41) is 27.7. The van der Waals surface area contributed by atoms with Gasteiger partial charge in [0.25, 0.3) is 0 Å². The summed E-state index contributed by atoms with van der Waals surface area (Å²) < 4.78 is 19.1. The highest BCUT2D eigenvalue weighted by Crippen LogP contribution is 2.49. The van der Waals surface area contributed by atoms with Crippen LogP contribution in [0.4, 0.5) is 4.39 Å². The van der Waals surface area contributed by atoms with Gasteiger partial charge in [0.2, 0.25) is 0 Å². The quantitative estimate of drug-likeness (QED) is 0.777. The zero-order valence-electron chi connectivity index (χ0n) is 13.0. The smallest absolute Gasteiger partial charge is 0.172 e. The summed E-state index contributed by atoms with van der Waals surface area (Å²) in [6, 6.07) is 11.4. The minimum absolute atomic E-state index is 0.00646. The van der Waals surface area contributed by atoms with Gasteiger partial charge in [-0.25, -0.2) is 4.39 Å². The fraction of sp³-hybridized carbons (Fsp3) is 0.278. The lowest BCUT2D eigenvalue weighted by molar-refractivity contribution is 0.0661. The van der Waals surface area contributed by atoms with Crippen molar-refractivity contribution in [2.75, 3.05) is 0 Å². The van der Waals surface area contributed by atoms with E-state index in [1.54, 1.807) is 31.2 Å². The molecule has 114 valence electrons. The van der Waals surface area contributed by atoms with E-state index in [9.17, 15) is 9.65 Å². The molecule has 1 aromatic rings. The topological polar surface area (TPSA) is 80.6 Å². The van der Waals surface area contributed by atoms with Crippen LogP contribution in [0.15, 0.2) is 46.7 Å². The first-order chi connectivity index (χ1) is 10.9. The first-order valence-corrected chi connectivity index (χ1v) is 7.03. The average molecular weight is 307 g/mol. The largest absolute Gasteiger partial charge is 0.475 e. The van der Waals surface area contributed by atoms with Crippen LogP contribution in [0.1, 0.15) is 26.3 Å². The molecule has 1 aliphatic heterocycles. The first kappa shape index (κ1) is 16.3. The molecule has 2 rings (SSSR count). The third-order valence-corrected chi connectivity index (χ3v) is 3.85. The highest BCUT2D eigenvalue weighted by atomic mass is 19.1. The van der Waals surface area contributed by atoms with Crippen LogP contribution in [0.25, 0.3) is 0 Å². The van der Waals surface area contributed by atoms with Gasteiger partial charge in [-0.15, -0.1) is 0 Å². The number of rotatable bonds is 2. The van der Waals surface area contributed by atoms with Crippen LogP contribution in [0.2, 0.25) is 0 Å². The van der Waals surface area contributed by atoms with E-state index >= 15 is 0 Å². The predicted octanol–water partition coefficient (Wildman–Crippen LogP) is 3.85. The Morgan fingerprint density at radius 1 is 1.13 bits per heavy atom. The highest BCUT2D eigenvalue weighted by molar-refractivity contribution is 5.59. The second-order valence-electron chi connectivity index (χ2n) is 5.63. The van der Waals surface area contributed by atoms with Crippen molar-refractivity contribution in [2.45, 2.75) is 26.4 Å². The molecule has 0 amide bonds. The molecule has 1 aliphatic rings. The third kappa shape index (κ3) is 2.56. The lowest BCUT2D eigenvalue weighted by atomic mass is 9.80. The molecule has 1 aromatic carbocycles. The van der Waals surface area contributed by atoms with Gasteiger partial charge in [0, 0.05) is 5.57 Å². The van der Waals surface area contributed by atoms with Gasteiger partial charge in [0.15, 0.2) is 16.9 Å². The molecule has 0 aliphatic carbocycles. The number of allylic oxidation sites excluding steroid dienone is 2. The van der Waals surface area contributed by atoms with Gasteiger partial charge in [-0.1, -0.05) is 26.0 Å². The molecule has 0 saturated carbocycles. The van der Waals surface area contributed by atoms with Crippen molar-refractivity contribution >= 4 is 0 Å². The lowest BCUT2D eigenvalue weighted by Gasteiger charge is -2.30. The summed E-state index contributed by atoms with van der Waals surface area (Å²) in [6.45, 7) is 5.56. The second kappa shape index (κ2) is 5.95. The van der Waals surface area contributed by atoms with E-state index in [0.29, 0.717) is 11.1 Å². The van der Waals surface area contributed by atoms with Gasteiger partial charge in [-0.2, -0.15) is 15.8 Å². The van der Waals surface area contributed by atoms with Crippen LogP contribution >= 0.6 is 0 Å². The maximum Gasteiger partial charge on any atom is 0.172 e. The first-order valence-electron chi connectivity index (χ1n) is 7.03. The Kier molecular flexibility index (Phi) is 4.21. The molecule has 0 saturated heterocycles. The standard InChI is InChI=1S/C18H14FN3O/c1-11(2)16-15(10-22)17(12(8-20)9-21)23-18(16,3)13-4-6-14(19)7-5-13/h4-7,11H,1-3H3. The van der Waals surface area contributed by atoms with Crippen molar-refractivity contribution < 1.29 is 9.13 Å². The highest BCUT2D eigenvalue weighted by Gasteiger charge is 2.45. The lowest BCUT2D eigenvalue weighted by Crippen LogP contribution is -2.26. The molecule has 0 fully saturated rings. The van der Waals surface area contributed by atoms with Gasteiger partial charge >= 0.3 is 0 Å². The van der Waals surface area contributed by atoms with Crippen molar-refractivity contribution in [1.82, 2.24) is 0 Å². The molecule has 0 spiro atoms. The zero-order chi connectivity index (χ0) is 17.2. The molecule has 5 heteroatoms. The van der Waals surface area contributed by atoms with Crippen LogP contribution < -0.4 is 0 Å². The Hall–Kier alpha value is -3.10. The molecule has 0 N–H and O–H groups in total. The maximum atomic E-state index is 13.2. The Bertz CT molecular complexity index is 813. The van der Waals surface area contributed by atoms with Gasteiger partial charge in [-0.05, 0) is 30.5 Å². The number of nitriles is 3. The minimum atomic E-state index is -1.03. The van der Waals surface area contributed by atoms with Crippen LogP contribution in [-0.2, 0) is 10.3 Å². The fourth-order valence-corrected chi connectivity index (χ4v) is 2.91. The second-order valence-corrected chi connectivity index (χ2v) is 5.63. The van der Waals surface area contributed by atoms with Gasteiger partial charge in [0.05, 0.1) is 5.57 Å². The van der Waals surface area contributed by atoms with Crippen LogP contribution in [-0.4, -0.2) is 0 Å². The van der Waals surface area contributed by atoms with Crippen molar-refractivity contribution in [3.63, 3.8) is 0 Å². The minimum Gasteiger partial charge on any atom is -0.475 e. The molecule has 23 heavy (non-hydrogen) atoms. The monoisotopic (exact) mass is 307 g/mol. The van der Waals surface area contributed by atoms with Crippen molar-refractivity contribution in [2.24, 2.45) is 5.92 Å². The molecule has 4 nitrogen and oxygen atoms in total. The van der Waals surface area contributed by atoms with E-state index in [-0.39, 0.29) is 28.6 Å². The average Bonchev–Trinajstić information content (AvgIpc) is 2.83. The normalized spacial score (nSPS) is 19.8. The molecular weight excluding hydrogens is 293 g/mol. The molecular formula is C18H14FN3O. The molecule has 1 heterocycles. The summed E-state index contributed by atoms with van der Waals surface area (Å²) in [7, 11) is 0. The maximum absolute atomic E-state index is 13.2. The summed E-state index contributed by atoms with van der Waals surface area (Å²) in [4.78, 5) is 0. The number of ether oxygens (including phenoxy) is 1. The van der Waals surface area contributed by atoms with Crippen molar-refractivity contribution in [3.8, 4) is 18.2 Å². The van der Waals surface area contributed by atoms with E-state index in [0.717, 1.165) is 0 Å². The Balaban J connectivity index is 2.77. The van der Waals surface area contributed by atoms with E-state index in [2.05, 4.69) is 6.07 Å². The number of hydrogen-bond donors (Lipinski definition) is 0. The molecule has 0 radical (unpaired) electrons. The van der Waals surface area contributed by atoms with E-state index in [4.69, 9.17) is 15.3 Å². The van der Waals surface area contributed by atoms with Crippen molar-refractivity contribution in [3.05, 3.63) is 58.1 Å². The fourth-order valence-electron chi connectivity index (χ4n) is 2.91. The Labute approximate surface area is 134 Å². The van der Waals surface area contributed by atoms with Gasteiger partial charge in [-0.3, -0.25) is 0 Å². The molecule has 1 unspecified atom stereocenters. The van der Waals surface area contributed by atoms with Crippen LogP contribution in [0.5, 0.6) is 0 Å². The molecule has 1 atom stereocenters. The number of hydrogen-bond acceptors (Lipinski definition) is 4. The number of benzene rings is 1. The number of nitrogens with zero attached hydrogens (tertiary/aromatic N) is 3. The predicted molar refractivity (Wildman–Crippen MR) is 80.6 cm³/mol. The Morgan fingerprint density at radius 2 is 1.70 bits per heavy atom. The number of halogens is 1. The summed E-state index contributed by atoms with van der Waals surface area (Å²) in [6.07, 6.45) is 0. The summed E-state index contributed by atoms with van der Waals surface area (Å²) >= 11 is 0. The van der Waals surface area contributed by atoms with Crippen LogP contribution in [0.3, 0.4) is 0 Å². The Morgan fingerprint density at radius 3 is 2.13 bits per heavy atom. The zero-order valence-corrected chi connectivity index (χ0v) is 13.0. The molecule has 0 bridgehead atoms. The SMILES string of the molecule is CC(C)C1=C(C#N)C(=C(C#N)C#N)OC1(C)c1ccc(F)cc1. The van der Waals surface area contributed by atoms with Gasteiger partial charge in [0.1, 0.15) is 24.0 Å². The van der Waals surface area contributed by atoms with E-state index in [1.165, 1.54) is 12.1 Å². The van der Waals surface area contributed by atoms with Gasteiger partial charge < -0.3 is 4.74 Å². The van der Waals surface area contributed by atoms with E-state index < -0.39 is 5.60 Å². The van der Waals surface area contributed by atoms with E-state index in [1.807, 2.05) is 13.8 Å². The van der Waals surface area contributed by atoms with Crippen molar-refractivity contribution in [1.29, 1.82) is 15.8 Å².